The second kappa shape index (κ2) is 5.64. The lowest BCUT2D eigenvalue weighted by molar-refractivity contribution is 0.264. The molecule has 0 spiro atoms. The van der Waals surface area contributed by atoms with Crippen LogP contribution >= 0.6 is 0 Å². The molecule has 1 aromatic rings. The van der Waals surface area contributed by atoms with Crippen LogP contribution in [0.5, 0.6) is 0 Å². The number of hydrogen-bond donors (Lipinski definition) is 0. The molecule has 1 aromatic carbocycles. The first-order valence-corrected chi connectivity index (χ1v) is 7.34. The largest absolute Gasteiger partial charge is 0.305 e. The van der Waals surface area contributed by atoms with Gasteiger partial charge in [-0.1, -0.05) is 45.0 Å². The molecule has 1 atom stereocenters. The van der Waals surface area contributed by atoms with Gasteiger partial charge >= 0.3 is 0 Å². The Bertz CT molecular complexity index is 400. The van der Waals surface area contributed by atoms with E-state index >= 15 is 0 Å². The molecule has 1 aliphatic rings. The van der Waals surface area contributed by atoms with Crippen LogP contribution in [-0.4, -0.2) is 43.0 Å². The third kappa shape index (κ3) is 3.80. The Morgan fingerprint density at radius 1 is 1.16 bits per heavy atom. The van der Waals surface area contributed by atoms with Gasteiger partial charge in [-0.2, -0.15) is 0 Å². The van der Waals surface area contributed by atoms with E-state index in [0.29, 0.717) is 0 Å². The molecule has 19 heavy (non-hydrogen) atoms. The minimum absolute atomic E-state index is 0.252. The van der Waals surface area contributed by atoms with Crippen LogP contribution < -0.4 is 0 Å². The van der Waals surface area contributed by atoms with Gasteiger partial charge < -0.3 is 4.90 Å². The molecule has 0 N–H and O–H groups in total. The number of likely N-dealkylation sites (N-methyl/N-ethyl adjacent to an activating group) is 1. The van der Waals surface area contributed by atoms with Gasteiger partial charge in [0.05, 0.1) is 0 Å². The monoisotopic (exact) mass is 260 g/mol. The summed E-state index contributed by atoms with van der Waals surface area (Å²) in [6.45, 7) is 10.3. The third-order valence-electron chi connectivity index (χ3n) is 4.20. The topological polar surface area (TPSA) is 6.48 Å². The fourth-order valence-electron chi connectivity index (χ4n) is 2.75. The summed E-state index contributed by atoms with van der Waals surface area (Å²) in [6, 6.07) is 9.89. The Hall–Kier alpha value is -0.860. The quantitative estimate of drug-likeness (QED) is 0.824. The van der Waals surface area contributed by atoms with Crippen molar-refractivity contribution in [1.29, 1.82) is 0 Å². The molecule has 0 bridgehead atoms. The second-order valence-corrected chi connectivity index (χ2v) is 7.09. The predicted molar refractivity (Wildman–Crippen MR) is 82.5 cm³/mol. The fraction of sp³-hybridized carbons (Fsp3) is 0.647. The molecule has 1 fully saturated rings. The van der Waals surface area contributed by atoms with E-state index in [2.05, 4.69) is 68.9 Å². The number of nitrogens with zero attached hydrogens (tertiary/aromatic N) is 2. The maximum atomic E-state index is 2.57. The van der Waals surface area contributed by atoms with Crippen LogP contribution in [0.4, 0.5) is 0 Å². The molecule has 0 amide bonds. The summed E-state index contributed by atoms with van der Waals surface area (Å²) < 4.78 is 0. The van der Waals surface area contributed by atoms with Crippen LogP contribution in [0, 0.1) is 0 Å². The van der Waals surface area contributed by atoms with E-state index < -0.39 is 0 Å². The molecule has 0 saturated carbocycles. The molecule has 0 aromatic heterocycles. The number of benzene rings is 1. The van der Waals surface area contributed by atoms with Crippen LogP contribution in [0.15, 0.2) is 24.3 Å². The molecule has 2 rings (SSSR count). The molecule has 0 aliphatic carbocycles. The molecule has 106 valence electrons. The lowest BCUT2D eigenvalue weighted by Gasteiger charge is -2.21. The average molecular weight is 260 g/mol. The summed E-state index contributed by atoms with van der Waals surface area (Å²) >= 11 is 0. The molecule has 2 nitrogen and oxygen atoms in total. The van der Waals surface area contributed by atoms with E-state index in [0.717, 1.165) is 12.6 Å². The van der Waals surface area contributed by atoms with Crippen LogP contribution in [0.3, 0.4) is 0 Å². The van der Waals surface area contributed by atoms with Crippen molar-refractivity contribution in [3.63, 3.8) is 0 Å². The molecule has 1 unspecified atom stereocenters. The first kappa shape index (κ1) is 14.5. The maximum absolute atomic E-state index is 2.57. The summed E-state index contributed by atoms with van der Waals surface area (Å²) in [5.74, 6) is 0. The van der Waals surface area contributed by atoms with Gasteiger partial charge in [0, 0.05) is 25.7 Å². The zero-order valence-corrected chi connectivity index (χ0v) is 13.1. The lowest BCUT2D eigenvalue weighted by atomic mass is 9.87. The first-order chi connectivity index (χ1) is 8.86. The van der Waals surface area contributed by atoms with E-state index in [1.165, 1.54) is 30.6 Å². The SMILES string of the molecule is CN(C)C1CCN(Cc2ccc(C(C)(C)C)cc2)C1. The van der Waals surface area contributed by atoms with E-state index in [1.54, 1.807) is 0 Å². The van der Waals surface area contributed by atoms with Crippen LogP contribution in [0.25, 0.3) is 0 Å². The Balaban J connectivity index is 1.94. The number of hydrogen-bond acceptors (Lipinski definition) is 2. The predicted octanol–water partition coefficient (Wildman–Crippen LogP) is 3.12. The minimum atomic E-state index is 0.252. The minimum Gasteiger partial charge on any atom is -0.305 e. The van der Waals surface area contributed by atoms with Crippen molar-refractivity contribution < 1.29 is 0 Å². The summed E-state index contributed by atoms with van der Waals surface area (Å²) in [4.78, 5) is 4.92. The standard InChI is InChI=1S/C17H28N2/c1-17(2,3)15-8-6-14(7-9-15)12-19-11-10-16(13-19)18(4)5/h6-9,16H,10-13H2,1-5H3. The maximum Gasteiger partial charge on any atom is 0.0234 e. The first-order valence-electron chi connectivity index (χ1n) is 7.34. The average Bonchev–Trinajstić information content (AvgIpc) is 2.77. The molecule has 1 aliphatic heterocycles. The highest BCUT2D eigenvalue weighted by atomic mass is 15.2. The zero-order chi connectivity index (χ0) is 14.0. The van der Waals surface area contributed by atoms with Gasteiger partial charge in [0.25, 0.3) is 0 Å². The lowest BCUT2D eigenvalue weighted by Crippen LogP contribution is -2.31. The van der Waals surface area contributed by atoms with Crippen molar-refractivity contribution in [1.82, 2.24) is 9.80 Å². The van der Waals surface area contributed by atoms with Gasteiger partial charge in [-0.05, 0) is 37.1 Å². The molecule has 2 heteroatoms. The molecular formula is C17H28N2. The third-order valence-corrected chi connectivity index (χ3v) is 4.20. The fourth-order valence-corrected chi connectivity index (χ4v) is 2.75. The molecule has 1 saturated heterocycles. The molecular weight excluding hydrogens is 232 g/mol. The van der Waals surface area contributed by atoms with E-state index in [9.17, 15) is 0 Å². The summed E-state index contributed by atoms with van der Waals surface area (Å²) in [7, 11) is 4.37. The van der Waals surface area contributed by atoms with Crippen molar-refractivity contribution in [3.8, 4) is 0 Å². The highest BCUT2D eigenvalue weighted by Crippen LogP contribution is 2.23. The summed E-state index contributed by atoms with van der Waals surface area (Å²) in [6.07, 6.45) is 1.30. The van der Waals surface area contributed by atoms with E-state index in [4.69, 9.17) is 0 Å². The molecule has 0 radical (unpaired) electrons. The Labute approximate surface area is 118 Å². The van der Waals surface area contributed by atoms with Crippen molar-refractivity contribution in [3.05, 3.63) is 35.4 Å². The van der Waals surface area contributed by atoms with Gasteiger partial charge in [0.2, 0.25) is 0 Å². The molecule has 1 heterocycles. The van der Waals surface area contributed by atoms with Crippen LogP contribution in [-0.2, 0) is 12.0 Å². The van der Waals surface area contributed by atoms with Gasteiger partial charge in [-0.25, -0.2) is 0 Å². The summed E-state index contributed by atoms with van der Waals surface area (Å²) in [5, 5.41) is 0. The number of likely N-dealkylation sites (tertiary alicyclic amines) is 1. The smallest absolute Gasteiger partial charge is 0.0234 e. The van der Waals surface area contributed by atoms with Gasteiger partial charge in [-0.15, -0.1) is 0 Å². The Morgan fingerprint density at radius 2 is 1.79 bits per heavy atom. The van der Waals surface area contributed by atoms with Gasteiger partial charge in [0.1, 0.15) is 0 Å². The zero-order valence-electron chi connectivity index (χ0n) is 13.1. The number of rotatable bonds is 3. The van der Waals surface area contributed by atoms with Crippen LogP contribution in [0.1, 0.15) is 38.3 Å². The van der Waals surface area contributed by atoms with Gasteiger partial charge in [0.15, 0.2) is 0 Å². The Morgan fingerprint density at radius 3 is 2.26 bits per heavy atom. The summed E-state index contributed by atoms with van der Waals surface area (Å²) in [5.41, 5.74) is 3.11. The van der Waals surface area contributed by atoms with Crippen molar-refractivity contribution in [2.75, 3.05) is 27.2 Å². The Kier molecular flexibility index (Phi) is 4.32. The van der Waals surface area contributed by atoms with E-state index in [-0.39, 0.29) is 5.41 Å². The highest BCUT2D eigenvalue weighted by Gasteiger charge is 2.23. The normalized spacial score (nSPS) is 21.3. The van der Waals surface area contributed by atoms with Crippen LogP contribution in [0.2, 0.25) is 0 Å². The highest BCUT2D eigenvalue weighted by molar-refractivity contribution is 5.27. The van der Waals surface area contributed by atoms with Crippen molar-refractivity contribution in [2.45, 2.75) is 45.2 Å². The van der Waals surface area contributed by atoms with Gasteiger partial charge in [-0.3, -0.25) is 4.90 Å². The van der Waals surface area contributed by atoms with Crippen molar-refractivity contribution in [2.24, 2.45) is 0 Å². The van der Waals surface area contributed by atoms with E-state index in [1.807, 2.05) is 0 Å². The van der Waals surface area contributed by atoms with Crippen molar-refractivity contribution >= 4 is 0 Å². The second-order valence-electron chi connectivity index (χ2n) is 7.09.